The van der Waals surface area contributed by atoms with E-state index < -0.39 is 0 Å². The lowest BCUT2D eigenvalue weighted by molar-refractivity contribution is 0.851. The fourth-order valence-electron chi connectivity index (χ4n) is 2.06. The lowest BCUT2D eigenvalue weighted by Crippen LogP contribution is -2.14. The van der Waals surface area contributed by atoms with Crippen LogP contribution in [0.2, 0.25) is 0 Å². The van der Waals surface area contributed by atoms with E-state index in [1.807, 2.05) is 24.3 Å². The van der Waals surface area contributed by atoms with E-state index in [9.17, 15) is 0 Å². The van der Waals surface area contributed by atoms with E-state index in [1.54, 1.807) is 0 Å². The predicted molar refractivity (Wildman–Crippen MR) is 76.1 cm³/mol. The minimum atomic E-state index is -0.0614. The smallest absolute Gasteiger partial charge is 0.0557 e. The summed E-state index contributed by atoms with van der Waals surface area (Å²) in [4.78, 5) is 0. The van der Waals surface area contributed by atoms with Crippen LogP contribution in [0.3, 0.4) is 0 Å². The molecule has 17 heavy (non-hydrogen) atoms. The number of nitrogens with two attached hydrogens (primary N) is 1. The second-order valence-corrected chi connectivity index (χ2v) is 5.14. The lowest BCUT2D eigenvalue weighted by Gasteiger charge is -2.18. The molecule has 0 aliphatic rings. The highest BCUT2D eigenvalue weighted by molar-refractivity contribution is 9.10. The second kappa shape index (κ2) is 5.03. The molecule has 0 radical (unpaired) electrons. The molecule has 0 amide bonds. The summed E-state index contributed by atoms with van der Waals surface area (Å²) < 4.78 is 1.11. The van der Waals surface area contributed by atoms with Gasteiger partial charge >= 0.3 is 0 Å². The Labute approximate surface area is 111 Å². The monoisotopic (exact) mass is 289 g/mol. The Morgan fingerprint density at radius 3 is 2.29 bits per heavy atom. The number of hydrogen-bond donors (Lipinski definition) is 1. The van der Waals surface area contributed by atoms with E-state index in [0.29, 0.717) is 0 Å². The maximum Gasteiger partial charge on any atom is 0.0557 e. The summed E-state index contributed by atoms with van der Waals surface area (Å²) in [5, 5.41) is 0. The zero-order valence-electron chi connectivity index (χ0n) is 10.1. The van der Waals surface area contributed by atoms with Crippen LogP contribution in [0, 0.1) is 13.8 Å². The Hall–Kier alpha value is -1.12. The molecule has 0 aliphatic heterocycles. The first-order chi connectivity index (χ1) is 8.11. The molecule has 0 saturated carbocycles. The van der Waals surface area contributed by atoms with Gasteiger partial charge in [-0.1, -0.05) is 52.3 Å². The summed E-state index contributed by atoms with van der Waals surface area (Å²) in [6.45, 7) is 4.19. The topological polar surface area (TPSA) is 26.0 Å². The van der Waals surface area contributed by atoms with E-state index >= 15 is 0 Å². The molecule has 2 heteroatoms. The van der Waals surface area contributed by atoms with Crippen molar-refractivity contribution in [2.45, 2.75) is 19.9 Å². The van der Waals surface area contributed by atoms with Gasteiger partial charge in [0.1, 0.15) is 0 Å². The average molecular weight is 290 g/mol. The van der Waals surface area contributed by atoms with Crippen molar-refractivity contribution in [3.63, 3.8) is 0 Å². The van der Waals surface area contributed by atoms with Crippen LogP contribution in [0.15, 0.2) is 46.9 Å². The van der Waals surface area contributed by atoms with Crippen molar-refractivity contribution in [2.24, 2.45) is 5.73 Å². The Balaban J connectivity index is 2.48. The zero-order chi connectivity index (χ0) is 12.4. The van der Waals surface area contributed by atoms with Crippen molar-refractivity contribution in [1.29, 1.82) is 0 Å². The number of aryl methyl sites for hydroxylation is 1. The van der Waals surface area contributed by atoms with Crippen LogP contribution in [-0.2, 0) is 0 Å². The fourth-order valence-corrected chi connectivity index (χ4v) is 2.45. The van der Waals surface area contributed by atoms with Gasteiger partial charge in [0.15, 0.2) is 0 Å². The average Bonchev–Trinajstić information content (AvgIpc) is 2.32. The highest BCUT2D eigenvalue weighted by atomic mass is 79.9. The summed E-state index contributed by atoms with van der Waals surface area (Å²) >= 11 is 3.55. The van der Waals surface area contributed by atoms with E-state index in [4.69, 9.17) is 5.73 Å². The third-order valence-electron chi connectivity index (χ3n) is 3.17. The quantitative estimate of drug-likeness (QED) is 0.884. The van der Waals surface area contributed by atoms with Crippen molar-refractivity contribution in [1.82, 2.24) is 0 Å². The van der Waals surface area contributed by atoms with Crippen LogP contribution in [-0.4, -0.2) is 0 Å². The van der Waals surface area contributed by atoms with Gasteiger partial charge in [-0.05, 0) is 42.2 Å². The summed E-state index contributed by atoms with van der Waals surface area (Å²) in [6, 6.07) is 14.4. The molecule has 2 aromatic carbocycles. The van der Waals surface area contributed by atoms with Crippen molar-refractivity contribution in [3.05, 3.63) is 69.2 Å². The summed E-state index contributed by atoms with van der Waals surface area (Å²) in [6.07, 6.45) is 0. The van der Waals surface area contributed by atoms with E-state index in [-0.39, 0.29) is 6.04 Å². The summed E-state index contributed by atoms with van der Waals surface area (Å²) in [5.74, 6) is 0. The van der Waals surface area contributed by atoms with Crippen molar-refractivity contribution in [2.75, 3.05) is 0 Å². The predicted octanol–water partition coefficient (Wildman–Crippen LogP) is 4.11. The molecule has 1 unspecified atom stereocenters. The van der Waals surface area contributed by atoms with Crippen molar-refractivity contribution in [3.8, 4) is 0 Å². The Bertz CT molecular complexity index is 534. The molecular weight excluding hydrogens is 274 g/mol. The first-order valence-corrected chi connectivity index (χ1v) is 6.46. The maximum atomic E-state index is 6.37. The molecule has 1 atom stereocenters. The Kier molecular flexibility index (Phi) is 3.65. The molecule has 0 fully saturated rings. The SMILES string of the molecule is Cc1ccccc1C(N)c1cccc(Br)c1C. The Morgan fingerprint density at radius 1 is 0.941 bits per heavy atom. The van der Waals surface area contributed by atoms with E-state index in [1.165, 1.54) is 22.3 Å². The first-order valence-electron chi connectivity index (χ1n) is 5.67. The minimum Gasteiger partial charge on any atom is -0.320 e. The van der Waals surface area contributed by atoms with Gasteiger partial charge in [-0.2, -0.15) is 0 Å². The highest BCUT2D eigenvalue weighted by Crippen LogP contribution is 2.28. The summed E-state index contributed by atoms with van der Waals surface area (Å²) in [5.41, 5.74) is 11.2. The van der Waals surface area contributed by atoms with Gasteiger partial charge in [-0.3, -0.25) is 0 Å². The molecule has 0 bridgehead atoms. The van der Waals surface area contributed by atoms with Crippen LogP contribution in [0.25, 0.3) is 0 Å². The van der Waals surface area contributed by atoms with Crippen LogP contribution < -0.4 is 5.73 Å². The van der Waals surface area contributed by atoms with Gasteiger partial charge in [-0.15, -0.1) is 0 Å². The van der Waals surface area contributed by atoms with Gasteiger partial charge in [0.2, 0.25) is 0 Å². The fraction of sp³-hybridized carbons (Fsp3) is 0.200. The largest absolute Gasteiger partial charge is 0.320 e. The number of rotatable bonds is 2. The van der Waals surface area contributed by atoms with Crippen LogP contribution >= 0.6 is 15.9 Å². The van der Waals surface area contributed by atoms with Crippen LogP contribution in [0.5, 0.6) is 0 Å². The van der Waals surface area contributed by atoms with Gasteiger partial charge in [0, 0.05) is 4.47 Å². The normalized spacial score (nSPS) is 12.5. The lowest BCUT2D eigenvalue weighted by atomic mass is 9.93. The second-order valence-electron chi connectivity index (χ2n) is 4.29. The third kappa shape index (κ3) is 2.43. The van der Waals surface area contributed by atoms with E-state index in [0.717, 1.165) is 4.47 Å². The van der Waals surface area contributed by atoms with Crippen molar-refractivity contribution >= 4 is 15.9 Å². The standard InChI is InChI=1S/C15H16BrN/c1-10-6-3-4-7-12(10)15(17)13-8-5-9-14(16)11(13)2/h3-9,15H,17H2,1-2H3. The number of benzene rings is 2. The molecule has 0 heterocycles. The molecule has 0 spiro atoms. The minimum absolute atomic E-state index is 0.0614. The third-order valence-corrected chi connectivity index (χ3v) is 4.03. The molecule has 2 aromatic rings. The van der Waals surface area contributed by atoms with Gasteiger partial charge in [-0.25, -0.2) is 0 Å². The molecule has 88 valence electrons. The van der Waals surface area contributed by atoms with Gasteiger partial charge in [0.25, 0.3) is 0 Å². The van der Waals surface area contributed by atoms with Crippen LogP contribution in [0.4, 0.5) is 0 Å². The maximum absolute atomic E-state index is 6.37. The molecule has 0 aliphatic carbocycles. The molecular formula is C15H16BrN. The van der Waals surface area contributed by atoms with Gasteiger partial charge in [0.05, 0.1) is 6.04 Å². The first kappa shape index (κ1) is 12.3. The zero-order valence-corrected chi connectivity index (χ0v) is 11.7. The van der Waals surface area contributed by atoms with Gasteiger partial charge < -0.3 is 5.73 Å². The molecule has 0 saturated heterocycles. The Morgan fingerprint density at radius 2 is 1.59 bits per heavy atom. The van der Waals surface area contributed by atoms with E-state index in [2.05, 4.69) is 48.0 Å². The number of hydrogen-bond acceptors (Lipinski definition) is 1. The van der Waals surface area contributed by atoms with Crippen LogP contribution in [0.1, 0.15) is 28.3 Å². The number of halogens is 1. The molecule has 0 aromatic heterocycles. The van der Waals surface area contributed by atoms with Crippen molar-refractivity contribution < 1.29 is 0 Å². The summed E-state index contributed by atoms with van der Waals surface area (Å²) in [7, 11) is 0. The molecule has 2 N–H and O–H groups in total. The molecule has 2 rings (SSSR count). The molecule has 1 nitrogen and oxygen atoms in total. The highest BCUT2D eigenvalue weighted by Gasteiger charge is 2.13.